The predicted molar refractivity (Wildman–Crippen MR) is 95.4 cm³/mol. The molecule has 1 heterocycles. The van der Waals surface area contributed by atoms with Crippen molar-refractivity contribution in [2.45, 2.75) is 25.5 Å². The van der Waals surface area contributed by atoms with E-state index >= 15 is 0 Å². The highest BCUT2D eigenvalue weighted by Gasteiger charge is 2.22. The zero-order valence-corrected chi connectivity index (χ0v) is 13.8. The van der Waals surface area contributed by atoms with Crippen molar-refractivity contribution in [2.24, 2.45) is 0 Å². The number of aliphatic hydroxyl groups excluding tert-OH is 1. The molecular weight excluding hydrogens is 300 g/mol. The first-order valence-corrected chi connectivity index (χ1v) is 8.53. The number of aliphatic hydroxyl groups is 1. The number of hydrogen-bond acceptors (Lipinski definition) is 3. The molecule has 1 atom stereocenters. The maximum absolute atomic E-state index is 11.5. The number of nitrogens with zero attached hydrogens (tertiary/aromatic N) is 1. The molecule has 2 aromatic carbocycles. The van der Waals surface area contributed by atoms with Gasteiger partial charge in [-0.25, -0.2) is 0 Å². The Morgan fingerprint density at radius 3 is 2.42 bits per heavy atom. The molecule has 0 aromatic heterocycles. The molecule has 24 heavy (non-hydrogen) atoms. The van der Waals surface area contributed by atoms with Crippen LogP contribution in [0.3, 0.4) is 0 Å². The molecule has 2 aromatic rings. The Kier molecular flexibility index (Phi) is 5.62. The Hall–Kier alpha value is -2.17. The van der Waals surface area contributed by atoms with E-state index in [0.29, 0.717) is 26.1 Å². The molecule has 1 fully saturated rings. The fourth-order valence-electron chi connectivity index (χ4n) is 3.04. The summed E-state index contributed by atoms with van der Waals surface area (Å²) in [5.74, 6) is 0.158. The van der Waals surface area contributed by atoms with Crippen molar-refractivity contribution in [3.05, 3.63) is 60.2 Å². The summed E-state index contributed by atoms with van der Waals surface area (Å²) in [6.07, 6.45) is 1.01. The average molecular weight is 324 g/mol. The van der Waals surface area contributed by atoms with E-state index in [1.54, 1.807) is 4.90 Å². The first-order valence-electron chi connectivity index (χ1n) is 8.53. The van der Waals surface area contributed by atoms with Gasteiger partial charge in [-0.1, -0.05) is 54.6 Å². The molecule has 1 amide bonds. The molecule has 0 unspecified atom stereocenters. The molecular formula is C20H24N2O2. The Morgan fingerprint density at radius 1 is 1.04 bits per heavy atom. The Morgan fingerprint density at radius 2 is 1.75 bits per heavy atom. The van der Waals surface area contributed by atoms with E-state index in [2.05, 4.69) is 41.7 Å². The fourth-order valence-corrected chi connectivity index (χ4v) is 3.04. The summed E-state index contributed by atoms with van der Waals surface area (Å²) >= 11 is 0. The van der Waals surface area contributed by atoms with Crippen LogP contribution in [-0.4, -0.2) is 41.7 Å². The minimum Gasteiger partial charge on any atom is -0.390 e. The molecule has 0 aliphatic carbocycles. The van der Waals surface area contributed by atoms with Gasteiger partial charge in [0.05, 0.1) is 6.10 Å². The number of carbonyl (C=O) groups excluding carboxylic acids is 1. The first-order chi connectivity index (χ1) is 11.7. The van der Waals surface area contributed by atoms with Crippen LogP contribution in [0.2, 0.25) is 0 Å². The number of likely N-dealkylation sites (tertiary alicyclic amines) is 1. The summed E-state index contributed by atoms with van der Waals surface area (Å²) < 4.78 is 0. The summed E-state index contributed by atoms with van der Waals surface area (Å²) in [5.41, 5.74) is 3.59. The highest BCUT2D eigenvalue weighted by atomic mass is 16.3. The van der Waals surface area contributed by atoms with Gasteiger partial charge in [0.2, 0.25) is 5.91 Å². The lowest BCUT2D eigenvalue weighted by Crippen LogP contribution is -2.38. The second-order valence-electron chi connectivity index (χ2n) is 6.29. The highest BCUT2D eigenvalue weighted by Crippen LogP contribution is 2.19. The van der Waals surface area contributed by atoms with E-state index in [4.69, 9.17) is 0 Å². The molecule has 0 saturated carbocycles. The second-order valence-corrected chi connectivity index (χ2v) is 6.29. The molecule has 126 valence electrons. The van der Waals surface area contributed by atoms with Crippen molar-refractivity contribution in [1.82, 2.24) is 10.2 Å². The lowest BCUT2D eigenvalue weighted by molar-refractivity contribution is -0.128. The van der Waals surface area contributed by atoms with Gasteiger partial charge in [0, 0.05) is 32.6 Å². The van der Waals surface area contributed by atoms with Crippen LogP contribution in [0.4, 0.5) is 0 Å². The second kappa shape index (κ2) is 8.08. The van der Waals surface area contributed by atoms with Crippen molar-refractivity contribution in [2.75, 3.05) is 19.6 Å². The average Bonchev–Trinajstić information content (AvgIpc) is 3.01. The number of carbonyl (C=O) groups is 1. The van der Waals surface area contributed by atoms with Crippen LogP contribution in [0.5, 0.6) is 0 Å². The van der Waals surface area contributed by atoms with E-state index in [1.807, 2.05) is 18.2 Å². The van der Waals surface area contributed by atoms with Crippen molar-refractivity contribution < 1.29 is 9.90 Å². The van der Waals surface area contributed by atoms with Gasteiger partial charge in [-0.3, -0.25) is 4.79 Å². The molecule has 3 rings (SSSR count). The molecule has 4 heteroatoms. The van der Waals surface area contributed by atoms with Crippen LogP contribution in [0.15, 0.2) is 54.6 Å². The number of benzene rings is 2. The lowest BCUT2D eigenvalue weighted by Gasteiger charge is -2.20. The minimum atomic E-state index is -0.518. The van der Waals surface area contributed by atoms with E-state index in [9.17, 15) is 9.90 Å². The normalized spacial score (nSPS) is 15.7. The zero-order chi connectivity index (χ0) is 16.8. The topological polar surface area (TPSA) is 52.6 Å². The number of amides is 1. The number of nitrogens with one attached hydrogen (secondary N) is 1. The molecule has 0 radical (unpaired) electrons. The first kappa shape index (κ1) is 16.7. The lowest BCUT2D eigenvalue weighted by atomic mass is 10.0. The molecule has 1 saturated heterocycles. The largest absolute Gasteiger partial charge is 0.390 e. The van der Waals surface area contributed by atoms with Crippen LogP contribution in [0.25, 0.3) is 11.1 Å². The third kappa shape index (κ3) is 4.43. The Bertz CT molecular complexity index is 655. The van der Waals surface area contributed by atoms with Gasteiger partial charge in [0.25, 0.3) is 0 Å². The number of β-amino-alcohol motifs (C(OH)–C–C–N with tert-alkyl or cyclic N) is 1. The summed E-state index contributed by atoms with van der Waals surface area (Å²) in [6.45, 7) is 2.40. The van der Waals surface area contributed by atoms with Crippen molar-refractivity contribution in [3.8, 4) is 11.1 Å². The number of rotatable bonds is 7. The molecule has 0 spiro atoms. The molecule has 4 nitrogen and oxygen atoms in total. The standard InChI is InChI=1S/C20H24N2O2/c23-19(15-22-12-4-7-20(22)24)14-21-13-16-8-10-18(11-9-16)17-5-2-1-3-6-17/h1-3,5-6,8-11,19,21,23H,4,7,12-15H2/t19-/m0/s1. The van der Waals surface area contributed by atoms with Crippen LogP contribution in [0.1, 0.15) is 18.4 Å². The number of hydrogen-bond donors (Lipinski definition) is 2. The smallest absolute Gasteiger partial charge is 0.222 e. The summed E-state index contributed by atoms with van der Waals surface area (Å²) in [6, 6.07) is 18.7. The van der Waals surface area contributed by atoms with Gasteiger partial charge in [-0.2, -0.15) is 0 Å². The molecule has 1 aliphatic heterocycles. The van der Waals surface area contributed by atoms with E-state index in [-0.39, 0.29) is 5.91 Å². The summed E-state index contributed by atoms with van der Waals surface area (Å²) in [5, 5.41) is 13.3. The van der Waals surface area contributed by atoms with Gasteiger partial charge in [0.1, 0.15) is 0 Å². The van der Waals surface area contributed by atoms with E-state index in [1.165, 1.54) is 16.7 Å². The minimum absolute atomic E-state index is 0.158. The van der Waals surface area contributed by atoms with E-state index in [0.717, 1.165) is 13.0 Å². The van der Waals surface area contributed by atoms with Crippen LogP contribution in [0, 0.1) is 0 Å². The summed E-state index contributed by atoms with van der Waals surface area (Å²) in [4.78, 5) is 13.3. The maximum Gasteiger partial charge on any atom is 0.222 e. The molecule has 0 bridgehead atoms. The summed E-state index contributed by atoms with van der Waals surface area (Å²) in [7, 11) is 0. The van der Waals surface area contributed by atoms with Crippen molar-refractivity contribution in [1.29, 1.82) is 0 Å². The SMILES string of the molecule is O=C1CCCN1C[C@@H](O)CNCc1ccc(-c2ccccc2)cc1. The predicted octanol–water partition coefficient (Wildman–Crippen LogP) is 2.43. The highest BCUT2D eigenvalue weighted by molar-refractivity contribution is 5.78. The van der Waals surface area contributed by atoms with Gasteiger partial charge in [0.15, 0.2) is 0 Å². The Balaban J connectivity index is 1.44. The van der Waals surface area contributed by atoms with Crippen molar-refractivity contribution >= 4 is 5.91 Å². The van der Waals surface area contributed by atoms with Crippen LogP contribution < -0.4 is 5.32 Å². The van der Waals surface area contributed by atoms with Crippen LogP contribution >= 0.6 is 0 Å². The third-order valence-electron chi connectivity index (χ3n) is 4.37. The fraction of sp³-hybridized carbons (Fsp3) is 0.350. The van der Waals surface area contributed by atoms with Crippen molar-refractivity contribution in [3.63, 3.8) is 0 Å². The monoisotopic (exact) mass is 324 g/mol. The van der Waals surface area contributed by atoms with Gasteiger partial charge < -0.3 is 15.3 Å². The quantitative estimate of drug-likeness (QED) is 0.822. The van der Waals surface area contributed by atoms with E-state index < -0.39 is 6.10 Å². The van der Waals surface area contributed by atoms with Gasteiger partial charge in [-0.05, 0) is 23.1 Å². The van der Waals surface area contributed by atoms with Gasteiger partial charge in [-0.15, -0.1) is 0 Å². The Labute approximate surface area is 143 Å². The third-order valence-corrected chi connectivity index (χ3v) is 4.37. The van der Waals surface area contributed by atoms with Gasteiger partial charge >= 0.3 is 0 Å². The maximum atomic E-state index is 11.5. The molecule has 2 N–H and O–H groups in total. The zero-order valence-electron chi connectivity index (χ0n) is 13.8. The van der Waals surface area contributed by atoms with Crippen LogP contribution in [-0.2, 0) is 11.3 Å². The molecule has 1 aliphatic rings.